The highest BCUT2D eigenvalue weighted by Gasteiger charge is 2.29. The van der Waals surface area contributed by atoms with E-state index in [0.29, 0.717) is 19.0 Å². The van der Waals surface area contributed by atoms with Crippen LogP contribution in [-0.2, 0) is 0 Å². The van der Waals surface area contributed by atoms with Crippen molar-refractivity contribution >= 4 is 5.91 Å². The second-order valence-corrected chi connectivity index (χ2v) is 5.48. The van der Waals surface area contributed by atoms with Crippen LogP contribution in [0.5, 0.6) is 0 Å². The zero-order valence-corrected chi connectivity index (χ0v) is 11.9. The smallest absolute Gasteiger partial charge is 0.254 e. The van der Waals surface area contributed by atoms with Gasteiger partial charge < -0.3 is 10.0 Å². The number of amides is 1. The highest BCUT2D eigenvalue weighted by Crippen LogP contribution is 2.27. The Kier molecular flexibility index (Phi) is 4.59. The third kappa shape index (κ3) is 3.16. The molecule has 1 aliphatic rings. The molecule has 1 amide bonds. The van der Waals surface area contributed by atoms with Gasteiger partial charge in [0.2, 0.25) is 0 Å². The SMILES string of the molecule is Cc1ccc(C)c(C(=O)N(CCCO)C2CCC2)c1. The van der Waals surface area contributed by atoms with Crippen LogP contribution in [0, 0.1) is 13.8 Å². The number of hydrogen-bond acceptors (Lipinski definition) is 2. The molecule has 0 bridgehead atoms. The van der Waals surface area contributed by atoms with Crippen molar-refractivity contribution in [3.8, 4) is 0 Å². The summed E-state index contributed by atoms with van der Waals surface area (Å²) >= 11 is 0. The maximum atomic E-state index is 12.7. The third-order valence-electron chi connectivity index (χ3n) is 3.96. The van der Waals surface area contributed by atoms with Gasteiger partial charge in [-0.2, -0.15) is 0 Å². The molecule has 104 valence electrons. The van der Waals surface area contributed by atoms with Crippen molar-refractivity contribution in [2.24, 2.45) is 0 Å². The molecule has 0 aliphatic heterocycles. The molecule has 0 radical (unpaired) electrons. The zero-order valence-electron chi connectivity index (χ0n) is 11.9. The van der Waals surface area contributed by atoms with E-state index in [4.69, 9.17) is 5.11 Å². The van der Waals surface area contributed by atoms with Crippen LogP contribution in [-0.4, -0.2) is 35.1 Å². The monoisotopic (exact) mass is 261 g/mol. The van der Waals surface area contributed by atoms with Crippen molar-refractivity contribution in [3.05, 3.63) is 34.9 Å². The van der Waals surface area contributed by atoms with Crippen molar-refractivity contribution < 1.29 is 9.90 Å². The quantitative estimate of drug-likeness (QED) is 0.885. The highest BCUT2D eigenvalue weighted by molar-refractivity contribution is 5.96. The van der Waals surface area contributed by atoms with Gasteiger partial charge in [-0.15, -0.1) is 0 Å². The fourth-order valence-corrected chi connectivity index (χ4v) is 2.51. The van der Waals surface area contributed by atoms with E-state index in [1.54, 1.807) is 0 Å². The first-order chi connectivity index (χ1) is 9.13. The van der Waals surface area contributed by atoms with Gasteiger partial charge in [0.05, 0.1) is 0 Å². The van der Waals surface area contributed by atoms with E-state index >= 15 is 0 Å². The van der Waals surface area contributed by atoms with Gasteiger partial charge in [0.15, 0.2) is 0 Å². The Morgan fingerprint density at radius 2 is 2.11 bits per heavy atom. The van der Waals surface area contributed by atoms with Crippen LogP contribution in [0.1, 0.15) is 47.2 Å². The lowest BCUT2D eigenvalue weighted by atomic mass is 9.90. The minimum atomic E-state index is 0.124. The van der Waals surface area contributed by atoms with Crippen molar-refractivity contribution in [1.82, 2.24) is 4.90 Å². The highest BCUT2D eigenvalue weighted by atomic mass is 16.3. The van der Waals surface area contributed by atoms with Crippen LogP contribution < -0.4 is 0 Å². The zero-order chi connectivity index (χ0) is 13.8. The van der Waals surface area contributed by atoms with Crippen molar-refractivity contribution in [2.75, 3.05) is 13.2 Å². The Balaban J connectivity index is 2.19. The summed E-state index contributed by atoms with van der Waals surface area (Å²) in [6, 6.07) is 6.39. The molecule has 1 fully saturated rings. The second kappa shape index (κ2) is 6.20. The third-order valence-corrected chi connectivity index (χ3v) is 3.96. The molecule has 0 unspecified atom stereocenters. The summed E-state index contributed by atoms with van der Waals surface area (Å²) in [5.41, 5.74) is 2.96. The van der Waals surface area contributed by atoms with Crippen LogP contribution in [0.3, 0.4) is 0 Å². The van der Waals surface area contributed by atoms with Gasteiger partial charge in [0, 0.05) is 24.8 Å². The molecule has 1 saturated carbocycles. The van der Waals surface area contributed by atoms with Crippen LogP contribution in [0.15, 0.2) is 18.2 Å². The summed E-state index contributed by atoms with van der Waals surface area (Å²) in [5.74, 6) is 0.124. The van der Waals surface area contributed by atoms with E-state index in [9.17, 15) is 4.79 Å². The van der Waals surface area contributed by atoms with E-state index in [1.165, 1.54) is 6.42 Å². The average Bonchev–Trinajstić information content (AvgIpc) is 2.34. The Morgan fingerprint density at radius 1 is 1.37 bits per heavy atom. The van der Waals surface area contributed by atoms with Crippen molar-refractivity contribution in [1.29, 1.82) is 0 Å². The maximum absolute atomic E-state index is 12.7. The lowest BCUT2D eigenvalue weighted by Crippen LogP contribution is -2.45. The molecular formula is C16H23NO2. The fourth-order valence-electron chi connectivity index (χ4n) is 2.51. The first-order valence-electron chi connectivity index (χ1n) is 7.12. The lowest BCUT2D eigenvalue weighted by Gasteiger charge is -2.38. The predicted octanol–water partition coefficient (Wildman–Crippen LogP) is 2.68. The second-order valence-electron chi connectivity index (χ2n) is 5.48. The molecule has 0 atom stereocenters. The molecule has 1 aromatic carbocycles. The average molecular weight is 261 g/mol. The first kappa shape index (κ1) is 14.1. The minimum Gasteiger partial charge on any atom is -0.396 e. The largest absolute Gasteiger partial charge is 0.396 e. The van der Waals surface area contributed by atoms with Crippen LogP contribution in [0.4, 0.5) is 0 Å². The van der Waals surface area contributed by atoms with Crippen LogP contribution in [0.25, 0.3) is 0 Å². The first-order valence-corrected chi connectivity index (χ1v) is 7.12. The van der Waals surface area contributed by atoms with E-state index in [0.717, 1.165) is 29.5 Å². The summed E-state index contributed by atoms with van der Waals surface area (Å²) in [4.78, 5) is 14.7. The summed E-state index contributed by atoms with van der Waals surface area (Å²) in [6.45, 7) is 4.80. The van der Waals surface area contributed by atoms with E-state index < -0.39 is 0 Å². The normalized spacial score (nSPS) is 15.1. The van der Waals surface area contributed by atoms with Gasteiger partial charge in [0.1, 0.15) is 0 Å². The van der Waals surface area contributed by atoms with Gasteiger partial charge in [-0.1, -0.05) is 17.7 Å². The Labute approximate surface area is 115 Å². The topological polar surface area (TPSA) is 40.5 Å². The molecule has 3 nitrogen and oxygen atoms in total. The Bertz CT molecular complexity index is 452. The number of carbonyl (C=O) groups excluding carboxylic acids is 1. The Hall–Kier alpha value is -1.35. The van der Waals surface area contributed by atoms with E-state index in [-0.39, 0.29) is 12.5 Å². The minimum absolute atomic E-state index is 0.124. The van der Waals surface area contributed by atoms with Crippen molar-refractivity contribution in [2.45, 2.75) is 45.6 Å². The molecule has 0 aromatic heterocycles. The van der Waals surface area contributed by atoms with Crippen LogP contribution in [0.2, 0.25) is 0 Å². The molecular weight excluding hydrogens is 238 g/mol. The summed E-state index contributed by atoms with van der Waals surface area (Å²) < 4.78 is 0. The van der Waals surface area contributed by atoms with Crippen LogP contribution >= 0.6 is 0 Å². The molecule has 2 rings (SSSR count). The molecule has 0 saturated heterocycles. The standard InChI is InChI=1S/C16H23NO2/c1-12-7-8-13(2)15(11-12)16(19)17(9-4-10-18)14-5-3-6-14/h7-8,11,14,18H,3-6,9-10H2,1-2H3. The number of nitrogens with zero attached hydrogens (tertiary/aromatic N) is 1. The maximum Gasteiger partial charge on any atom is 0.254 e. The molecule has 1 aromatic rings. The number of carbonyl (C=O) groups is 1. The van der Waals surface area contributed by atoms with E-state index in [1.807, 2.05) is 36.9 Å². The molecule has 0 spiro atoms. The van der Waals surface area contributed by atoms with Gasteiger partial charge >= 0.3 is 0 Å². The van der Waals surface area contributed by atoms with E-state index in [2.05, 4.69) is 0 Å². The number of benzene rings is 1. The lowest BCUT2D eigenvalue weighted by molar-refractivity contribution is 0.0561. The number of aryl methyl sites for hydroxylation is 2. The van der Waals surface area contributed by atoms with Gasteiger partial charge in [-0.05, 0) is 51.2 Å². The predicted molar refractivity (Wildman–Crippen MR) is 76.3 cm³/mol. The number of aliphatic hydroxyl groups is 1. The van der Waals surface area contributed by atoms with Gasteiger partial charge in [0.25, 0.3) is 5.91 Å². The Morgan fingerprint density at radius 3 is 2.68 bits per heavy atom. The molecule has 19 heavy (non-hydrogen) atoms. The van der Waals surface area contributed by atoms with Gasteiger partial charge in [-0.3, -0.25) is 4.79 Å². The molecule has 3 heteroatoms. The van der Waals surface area contributed by atoms with Crippen molar-refractivity contribution in [3.63, 3.8) is 0 Å². The summed E-state index contributed by atoms with van der Waals surface area (Å²) in [7, 11) is 0. The number of hydrogen-bond donors (Lipinski definition) is 1. The fraction of sp³-hybridized carbons (Fsp3) is 0.562. The number of aliphatic hydroxyl groups excluding tert-OH is 1. The summed E-state index contributed by atoms with van der Waals surface area (Å²) in [5, 5.41) is 9.00. The molecule has 1 aliphatic carbocycles. The molecule has 0 heterocycles. The number of rotatable bonds is 5. The van der Waals surface area contributed by atoms with Gasteiger partial charge in [-0.25, -0.2) is 0 Å². The summed E-state index contributed by atoms with van der Waals surface area (Å²) in [6.07, 6.45) is 4.07. The molecule has 1 N–H and O–H groups in total.